The zero-order valence-corrected chi connectivity index (χ0v) is 18.9. The van der Waals surface area contributed by atoms with Crippen LogP contribution < -0.4 is 10.1 Å². The van der Waals surface area contributed by atoms with E-state index in [4.69, 9.17) is 9.47 Å². The topological polar surface area (TPSA) is 71.1 Å². The second-order valence-electron chi connectivity index (χ2n) is 7.98. The van der Waals surface area contributed by atoms with Crippen LogP contribution in [0.15, 0.2) is 24.3 Å². The van der Waals surface area contributed by atoms with Crippen LogP contribution in [-0.2, 0) is 22.5 Å². The van der Waals surface area contributed by atoms with E-state index in [9.17, 15) is 9.59 Å². The largest absolute Gasteiger partial charge is 0.493 e. The molecule has 1 aromatic heterocycles. The first kappa shape index (κ1) is 21.8. The summed E-state index contributed by atoms with van der Waals surface area (Å²) in [5, 5.41) is 3.61. The van der Waals surface area contributed by atoms with Crippen LogP contribution in [0.5, 0.6) is 5.75 Å². The zero-order chi connectivity index (χ0) is 21.8. The molecular formula is C23H29N3O4S. The van der Waals surface area contributed by atoms with Crippen molar-refractivity contribution in [1.82, 2.24) is 9.80 Å². The van der Waals surface area contributed by atoms with Crippen molar-refractivity contribution in [2.45, 2.75) is 26.8 Å². The molecule has 1 saturated heterocycles. The van der Waals surface area contributed by atoms with Gasteiger partial charge in [-0.25, -0.2) is 4.79 Å². The predicted octanol–water partition coefficient (Wildman–Crippen LogP) is 2.92. The van der Waals surface area contributed by atoms with Crippen molar-refractivity contribution >= 4 is 28.2 Å². The number of nitrogens with one attached hydrogen (secondary N) is 1. The van der Waals surface area contributed by atoms with Crippen molar-refractivity contribution in [3.05, 3.63) is 45.8 Å². The summed E-state index contributed by atoms with van der Waals surface area (Å²) < 4.78 is 10.6. The third-order valence-corrected chi connectivity index (χ3v) is 6.77. The number of carbonyl (C=O) groups excluding carboxylic acids is 2. The van der Waals surface area contributed by atoms with Gasteiger partial charge in [0, 0.05) is 39.1 Å². The SMILES string of the molecule is CCOC(=O)c1sc(NC(=O)CN2CCN(Cc3ccc4c(c3)CCO4)CC2)cc1C. The van der Waals surface area contributed by atoms with E-state index in [2.05, 4.69) is 33.3 Å². The Hall–Kier alpha value is -2.42. The molecule has 2 aliphatic rings. The summed E-state index contributed by atoms with van der Waals surface area (Å²) >= 11 is 1.27. The van der Waals surface area contributed by atoms with E-state index >= 15 is 0 Å². The maximum absolute atomic E-state index is 12.5. The van der Waals surface area contributed by atoms with Gasteiger partial charge >= 0.3 is 5.97 Å². The quantitative estimate of drug-likeness (QED) is 0.664. The Morgan fingerprint density at radius 1 is 1.16 bits per heavy atom. The van der Waals surface area contributed by atoms with Gasteiger partial charge in [0.2, 0.25) is 5.91 Å². The van der Waals surface area contributed by atoms with Crippen LogP contribution >= 0.6 is 11.3 Å². The molecule has 2 aliphatic heterocycles. The molecule has 3 heterocycles. The minimum absolute atomic E-state index is 0.0521. The molecule has 1 amide bonds. The lowest BCUT2D eigenvalue weighted by Crippen LogP contribution is -2.48. The molecule has 0 unspecified atom stereocenters. The van der Waals surface area contributed by atoms with E-state index in [1.54, 1.807) is 6.92 Å². The Morgan fingerprint density at radius 3 is 2.71 bits per heavy atom. The molecule has 8 heteroatoms. The Labute approximate surface area is 186 Å². The van der Waals surface area contributed by atoms with Gasteiger partial charge in [0.15, 0.2) is 0 Å². The van der Waals surface area contributed by atoms with Crippen molar-refractivity contribution in [1.29, 1.82) is 0 Å². The van der Waals surface area contributed by atoms with Crippen LogP contribution in [0.2, 0.25) is 0 Å². The number of esters is 1. The number of hydrogen-bond donors (Lipinski definition) is 1. The molecule has 1 aromatic carbocycles. The number of amides is 1. The van der Waals surface area contributed by atoms with E-state index in [1.807, 2.05) is 13.0 Å². The highest BCUT2D eigenvalue weighted by molar-refractivity contribution is 7.18. The summed E-state index contributed by atoms with van der Waals surface area (Å²) in [6, 6.07) is 8.32. The highest BCUT2D eigenvalue weighted by Crippen LogP contribution is 2.28. The lowest BCUT2D eigenvalue weighted by molar-refractivity contribution is -0.117. The lowest BCUT2D eigenvalue weighted by Gasteiger charge is -2.34. The smallest absolute Gasteiger partial charge is 0.348 e. The molecule has 1 fully saturated rings. The highest BCUT2D eigenvalue weighted by atomic mass is 32.1. The van der Waals surface area contributed by atoms with Crippen LogP contribution in [0, 0.1) is 6.92 Å². The summed E-state index contributed by atoms with van der Waals surface area (Å²) in [6.45, 7) is 9.64. The normalized spacial score (nSPS) is 16.6. The molecule has 166 valence electrons. The fourth-order valence-corrected chi connectivity index (χ4v) is 5.01. The van der Waals surface area contributed by atoms with E-state index in [0.29, 0.717) is 23.0 Å². The number of fused-ring (bicyclic) bond motifs is 1. The van der Waals surface area contributed by atoms with E-state index in [0.717, 1.165) is 57.1 Å². The monoisotopic (exact) mass is 443 g/mol. The van der Waals surface area contributed by atoms with Gasteiger partial charge < -0.3 is 14.8 Å². The van der Waals surface area contributed by atoms with Gasteiger partial charge in [-0.05, 0) is 42.7 Å². The Bertz CT molecular complexity index is 950. The number of nitrogens with zero attached hydrogens (tertiary/aromatic N) is 2. The molecule has 0 radical (unpaired) electrons. The zero-order valence-electron chi connectivity index (χ0n) is 18.1. The third kappa shape index (κ3) is 5.44. The average molecular weight is 444 g/mol. The van der Waals surface area contributed by atoms with Crippen LogP contribution in [-0.4, -0.2) is 67.6 Å². The van der Waals surface area contributed by atoms with E-state index < -0.39 is 0 Å². The van der Waals surface area contributed by atoms with Gasteiger partial charge in [-0.2, -0.15) is 0 Å². The van der Waals surface area contributed by atoms with E-state index in [-0.39, 0.29) is 11.9 Å². The Morgan fingerprint density at radius 2 is 1.94 bits per heavy atom. The Kier molecular flexibility index (Phi) is 6.89. The number of carbonyl (C=O) groups is 2. The van der Waals surface area contributed by atoms with Crippen LogP contribution in [0.1, 0.15) is 33.3 Å². The number of piperazine rings is 1. The first-order chi connectivity index (χ1) is 15.0. The molecule has 0 spiro atoms. The summed E-state index contributed by atoms with van der Waals surface area (Å²) in [7, 11) is 0. The molecule has 4 rings (SSSR count). The number of thiophene rings is 1. The number of hydrogen-bond acceptors (Lipinski definition) is 7. The first-order valence-corrected chi connectivity index (χ1v) is 11.6. The summed E-state index contributed by atoms with van der Waals surface area (Å²) in [5.41, 5.74) is 3.45. The van der Waals surface area contributed by atoms with Gasteiger partial charge in [-0.3, -0.25) is 14.6 Å². The number of aryl methyl sites for hydroxylation is 1. The van der Waals surface area contributed by atoms with Crippen LogP contribution in [0.25, 0.3) is 0 Å². The molecule has 1 N–H and O–H groups in total. The average Bonchev–Trinajstić information content (AvgIpc) is 3.35. The Balaban J connectivity index is 1.23. The molecule has 7 nitrogen and oxygen atoms in total. The minimum Gasteiger partial charge on any atom is -0.493 e. The highest BCUT2D eigenvalue weighted by Gasteiger charge is 2.21. The molecule has 0 atom stereocenters. The van der Waals surface area contributed by atoms with Crippen LogP contribution in [0.3, 0.4) is 0 Å². The number of anilines is 1. The van der Waals surface area contributed by atoms with Gasteiger partial charge in [0.25, 0.3) is 0 Å². The van der Waals surface area contributed by atoms with Crippen molar-refractivity contribution in [3.63, 3.8) is 0 Å². The second kappa shape index (κ2) is 9.80. The predicted molar refractivity (Wildman–Crippen MR) is 121 cm³/mol. The summed E-state index contributed by atoms with van der Waals surface area (Å²) in [5.74, 6) is 0.635. The number of ether oxygens (including phenoxy) is 2. The molecular weight excluding hydrogens is 414 g/mol. The molecule has 0 bridgehead atoms. The number of rotatable bonds is 7. The number of benzene rings is 1. The molecule has 2 aromatic rings. The molecule has 0 saturated carbocycles. The first-order valence-electron chi connectivity index (χ1n) is 10.8. The molecule has 0 aliphatic carbocycles. The fourth-order valence-electron chi connectivity index (χ4n) is 4.03. The van der Waals surface area contributed by atoms with Gasteiger partial charge in [-0.1, -0.05) is 12.1 Å². The van der Waals surface area contributed by atoms with Gasteiger partial charge in [0.05, 0.1) is 24.8 Å². The maximum atomic E-state index is 12.5. The maximum Gasteiger partial charge on any atom is 0.348 e. The minimum atomic E-state index is -0.336. The van der Waals surface area contributed by atoms with Crippen molar-refractivity contribution in [3.8, 4) is 5.75 Å². The third-order valence-electron chi connectivity index (χ3n) is 5.63. The fraction of sp³-hybridized carbons (Fsp3) is 0.478. The second-order valence-corrected chi connectivity index (χ2v) is 9.04. The van der Waals surface area contributed by atoms with Gasteiger partial charge in [-0.15, -0.1) is 11.3 Å². The lowest BCUT2D eigenvalue weighted by atomic mass is 10.1. The van der Waals surface area contributed by atoms with Crippen molar-refractivity contribution < 1.29 is 19.1 Å². The van der Waals surface area contributed by atoms with Gasteiger partial charge in [0.1, 0.15) is 10.6 Å². The summed E-state index contributed by atoms with van der Waals surface area (Å²) in [6.07, 6.45) is 0.997. The summed E-state index contributed by atoms with van der Waals surface area (Å²) in [4.78, 5) is 29.6. The van der Waals surface area contributed by atoms with Crippen molar-refractivity contribution in [2.24, 2.45) is 0 Å². The van der Waals surface area contributed by atoms with Crippen molar-refractivity contribution in [2.75, 3.05) is 51.3 Å². The van der Waals surface area contributed by atoms with E-state index in [1.165, 1.54) is 22.5 Å². The van der Waals surface area contributed by atoms with Crippen LogP contribution in [0.4, 0.5) is 5.00 Å². The molecule has 31 heavy (non-hydrogen) atoms. The standard InChI is InChI=1S/C23H29N3O4S/c1-3-29-23(28)22-16(2)12-21(31-22)24-20(27)15-26-9-7-25(8-10-26)14-17-4-5-19-18(13-17)6-11-30-19/h4-5,12-13H,3,6-11,14-15H2,1-2H3,(H,24,27).